The lowest BCUT2D eigenvalue weighted by molar-refractivity contribution is 0.0451. The van der Waals surface area contributed by atoms with Crippen molar-refractivity contribution in [3.63, 3.8) is 0 Å². The van der Waals surface area contributed by atoms with Crippen LogP contribution in [-0.2, 0) is 4.74 Å². The van der Waals surface area contributed by atoms with Gasteiger partial charge in [-0.1, -0.05) is 0 Å². The largest absolute Gasteiger partial charge is 0.480 e. The van der Waals surface area contributed by atoms with Crippen LogP contribution in [0, 0.1) is 3.57 Å². The molecule has 0 unspecified atom stereocenters. The number of carbonyl (C=O) groups is 2. The Morgan fingerprint density at radius 3 is 2.76 bits per heavy atom. The molecular formula is C17H24IN3O4. The molecule has 0 aromatic carbocycles. The van der Waals surface area contributed by atoms with Crippen LogP contribution < -0.4 is 10.1 Å². The first-order valence-corrected chi connectivity index (χ1v) is 9.26. The van der Waals surface area contributed by atoms with E-state index < -0.39 is 11.7 Å². The second-order valence-electron chi connectivity index (χ2n) is 6.91. The van der Waals surface area contributed by atoms with Crippen LogP contribution in [0.1, 0.15) is 44.0 Å². The molecule has 1 aliphatic rings. The van der Waals surface area contributed by atoms with Crippen LogP contribution >= 0.6 is 22.6 Å². The summed E-state index contributed by atoms with van der Waals surface area (Å²) in [4.78, 5) is 30.7. The number of nitrogens with one attached hydrogen (secondary N) is 1. The molecule has 0 saturated carbocycles. The molecule has 1 aliphatic heterocycles. The Hall–Kier alpha value is -1.58. The van der Waals surface area contributed by atoms with E-state index in [4.69, 9.17) is 9.47 Å². The molecule has 0 radical (unpaired) electrons. The van der Waals surface area contributed by atoms with Crippen LogP contribution in [0.5, 0.6) is 5.88 Å². The number of hydrogen-bond donors (Lipinski definition) is 1. The zero-order chi connectivity index (χ0) is 18.6. The van der Waals surface area contributed by atoms with Gasteiger partial charge in [0.25, 0.3) is 5.91 Å². The van der Waals surface area contributed by atoms with E-state index in [0.29, 0.717) is 24.5 Å². The lowest BCUT2D eigenvalue weighted by Crippen LogP contribution is -2.50. The Balaban J connectivity index is 2.06. The molecule has 0 bridgehead atoms. The van der Waals surface area contributed by atoms with E-state index >= 15 is 0 Å². The van der Waals surface area contributed by atoms with Crippen molar-refractivity contribution in [2.24, 2.45) is 0 Å². The lowest BCUT2D eigenvalue weighted by atomic mass is 10.0. The summed E-state index contributed by atoms with van der Waals surface area (Å²) in [5, 5.41) is 2.85. The van der Waals surface area contributed by atoms with Crippen molar-refractivity contribution in [2.75, 3.05) is 20.2 Å². The third-order valence-electron chi connectivity index (χ3n) is 3.70. The second kappa shape index (κ2) is 8.20. The van der Waals surface area contributed by atoms with Gasteiger partial charge in [0, 0.05) is 28.9 Å². The summed E-state index contributed by atoms with van der Waals surface area (Å²) in [7, 11) is 1.50. The molecule has 0 aliphatic carbocycles. The molecule has 25 heavy (non-hydrogen) atoms. The average Bonchev–Trinajstić information content (AvgIpc) is 2.52. The van der Waals surface area contributed by atoms with Crippen molar-refractivity contribution < 1.29 is 19.1 Å². The van der Waals surface area contributed by atoms with Crippen LogP contribution in [0.25, 0.3) is 0 Å². The van der Waals surface area contributed by atoms with Gasteiger partial charge in [-0.3, -0.25) is 4.79 Å². The zero-order valence-corrected chi connectivity index (χ0v) is 17.1. The fourth-order valence-electron chi connectivity index (χ4n) is 2.68. The quantitative estimate of drug-likeness (QED) is 0.701. The van der Waals surface area contributed by atoms with Gasteiger partial charge >= 0.3 is 6.09 Å². The lowest BCUT2D eigenvalue weighted by Gasteiger charge is -2.34. The van der Waals surface area contributed by atoms with Gasteiger partial charge in [-0.2, -0.15) is 0 Å². The molecule has 1 atom stereocenters. The molecule has 7 nitrogen and oxygen atoms in total. The third-order valence-corrected chi connectivity index (χ3v) is 4.60. The standard InChI is InChI=1S/C17H24IN3O4/c1-17(2,3)25-16(23)20-11-6-5-9-21(10-11)15(22)13-12(18)7-8-19-14(13)24-4/h7-8,11H,5-6,9-10H2,1-4H3,(H,20,23)/t11-/m1/s1. The number of aromatic nitrogens is 1. The van der Waals surface area contributed by atoms with Gasteiger partial charge in [0.05, 0.1) is 7.11 Å². The number of hydrogen-bond acceptors (Lipinski definition) is 5. The Morgan fingerprint density at radius 1 is 1.40 bits per heavy atom. The molecule has 2 rings (SSSR count). The number of pyridine rings is 1. The molecular weight excluding hydrogens is 437 g/mol. The molecule has 1 N–H and O–H groups in total. The van der Waals surface area contributed by atoms with Gasteiger partial charge in [-0.05, 0) is 62.3 Å². The summed E-state index contributed by atoms with van der Waals surface area (Å²) in [5.74, 6) is 0.184. The first-order valence-electron chi connectivity index (χ1n) is 8.18. The number of ether oxygens (including phenoxy) is 2. The Kier molecular flexibility index (Phi) is 6.47. The Bertz CT molecular complexity index is 645. The number of alkyl carbamates (subject to hydrolysis) is 1. The van der Waals surface area contributed by atoms with E-state index in [9.17, 15) is 9.59 Å². The maximum atomic E-state index is 12.9. The van der Waals surface area contributed by atoms with Crippen molar-refractivity contribution in [1.82, 2.24) is 15.2 Å². The predicted molar refractivity (Wildman–Crippen MR) is 102 cm³/mol. The summed E-state index contributed by atoms with van der Waals surface area (Å²) in [6.07, 6.45) is 2.77. The number of carbonyl (C=O) groups excluding carboxylic acids is 2. The first kappa shape index (κ1) is 19.7. The van der Waals surface area contributed by atoms with Gasteiger partial charge in [-0.25, -0.2) is 9.78 Å². The molecule has 2 heterocycles. The maximum Gasteiger partial charge on any atom is 0.407 e. The van der Waals surface area contributed by atoms with Crippen LogP contribution in [0.2, 0.25) is 0 Å². The fraction of sp³-hybridized carbons (Fsp3) is 0.588. The van der Waals surface area contributed by atoms with E-state index in [0.717, 1.165) is 16.4 Å². The second-order valence-corrected chi connectivity index (χ2v) is 8.08. The summed E-state index contributed by atoms with van der Waals surface area (Å²) in [6, 6.07) is 1.64. The zero-order valence-electron chi connectivity index (χ0n) is 15.0. The molecule has 0 spiro atoms. The fourth-order valence-corrected chi connectivity index (χ4v) is 3.30. The predicted octanol–water partition coefficient (Wildman–Crippen LogP) is 2.82. The van der Waals surface area contributed by atoms with Crippen molar-refractivity contribution >= 4 is 34.6 Å². The van der Waals surface area contributed by atoms with E-state index in [1.165, 1.54) is 7.11 Å². The van der Waals surface area contributed by atoms with E-state index in [1.54, 1.807) is 17.2 Å². The number of nitrogens with zero attached hydrogens (tertiary/aromatic N) is 2. The summed E-state index contributed by atoms with van der Waals surface area (Å²) < 4.78 is 11.3. The molecule has 2 amide bonds. The van der Waals surface area contributed by atoms with Gasteiger partial charge in [0.2, 0.25) is 5.88 Å². The van der Waals surface area contributed by atoms with Crippen LogP contribution in [0.15, 0.2) is 12.3 Å². The number of likely N-dealkylation sites (tertiary alicyclic amines) is 1. The minimum atomic E-state index is -0.548. The summed E-state index contributed by atoms with van der Waals surface area (Å²) in [6.45, 7) is 6.53. The number of rotatable bonds is 3. The molecule has 1 aromatic rings. The highest BCUT2D eigenvalue weighted by atomic mass is 127. The van der Waals surface area contributed by atoms with Crippen molar-refractivity contribution in [3.05, 3.63) is 21.4 Å². The van der Waals surface area contributed by atoms with Gasteiger partial charge < -0.3 is 19.7 Å². The van der Waals surface area contributed by atoms with Crippen LogP contribution in [-0.4, -0.2) is 53.7 Å². The van der Waals surface area contributed by atoms with Gasteiger partial charge in [0.15, 0.2) is 0 Å². The maximum absolute atomic E-state index is 12.9. The summed E-state index contributed by atoms with van der Waals surface area (Å²) in [5.41, 5.74) is -0.0866. The number of halogens is 1. The Morgan fingerprint density at radius 2 is 2.12 bits per heavy atom. The first-order chi connectivity index (χ1) is 11.7. The van der Waals surface area contributed by atoms with E-state index in [-0.39, 0.29) is 11.9 Å². The number of amides is 2. The SMILES string of the molecule is COc1nccc(I)c1C(=O)N1CCC[C@@H](NC(=O)OC(C)(C)C)C1. The van der Waals surface area contributed by atoms with Crippen LogP contribution in [0.4, 0.5) is 4.79 Å². The molecule has 1 aromatic heterocycles. The minimum absolute atomic E-state index is 0.132. The van der Waals surface area contributed by atoms with Crippen molar-refractivity contribution in [3.8, 4) is 5.88 Å². The summed E-state index contributed by atoms with van der Waals surface area (Å²) >= 11 is 2.10. The van der Waals surface area contributed by atoms with Crippen LogP contribution in [0.3, 0.4) is 0 Å². The monoisotopic (exact) mass is 461 g/mol. The topological polar surface area (TPSA) is 80.8 Å². The molecule has 1 saturated heterocycles. The number of piperidine rings is 1. The average molecular weight is 461 g/mol. The van der Waals surface area contributed by atoms with Gasteiger partial charge in [-0.15, -0.1) is 0 Å². The molecule has 8 heteroatoms. The number of methoxy groups -OCH3 is 1. The third kappa shape index (κ3) is 5.45. The molecule has 1 fully saturated rings. The normalized spacial score (nSPS) is 17.8. The van der Waals surface area contributed by atoms with E-state index in [1.807, 2.05) is 20.8 Å². The highest BCUT2D eigenvalue weighted by Gasteiger charge is 2.29. The van der Waals surface area contributed by atoms with E-state index in [2.05, 4.69) is 32.9 Å². The van der Waals surface area contributed by atoms with Crippen molar-refractivity contribution in [1.29, 1.82) is 0 Å². The Labute approximate surface area is 161 Å². The van der Waals surface area contributed by atoms with Crippen molar-refractivity contribution in [2.45, 2.75) is 45.3 Å². The highest BCUT2D eigenvalue weighted by molar-refractivity contribution is 14.1. The highest BCUT2D eigenvalue weighted by Crippen LogP contribution is 2.24. The molecule has 138 valence electrons. The smallest absolute Gasteiger partial charge is 0.407 e. The van der Waals surface area contributed by atoms with Gasteiger partial charge in [0.1, 0.15) is 11.2 Å². The minimum Gasteiger partial charge on any atom is -0.480 e.